The van der Waals surface area contributed by atoms with E-state index in [2.05, 4.69) is 28.0 Å². The highest BCUT2D eigenvalue weighted by Gasteiger charge is 2.23. The van der Waals surface area contributed by atoms with Crippen LogP contribution in [0.3, 0.4) is 0 Å². The van der Waals surface area contributed by atoms with Gasteiger partial charge < -0.3 is 25.0 Å². The number of esters is 1. The van der Waals surface area contributed by atoms with E-state index in [-0.39, 0.29) is 25.0 Å². The topological polar surface area (TPSA) is 123 Å². The lowest BCUT2D eigenvalue weighted by Gasteiger charge is -2.19. The van der Waals surface area contributed by atoms with E-state index < -0.39 is 11.9 Å². The standard InChI is InChI=1S/C24H28N4O5S/c1-33-22(31)15-26-24(32)17-7-8-20-19(13-17)27-23(28(20)10-11-29)18(14-25-21(30)9-12-34)16-5-3-2-4-6-16/h2-8,13,18,29,34H,9-12,14-15H2,1H3,(H,25,30)(H,26,32). The maximum atomic E-state index is 12.5. The van der Waals surface area contributed by atoms with Crippen LogP contribution in [0.4, 0.5) is 0 Å². The summed E-state index contributed by atoms with van der Waals surface area (Å²) in [5, 5.41) is 15.2. The largest absolute Gasteiger partial charge is 0.468 e. The van der Waals surface area contributed by atoms with Crippen LogP contribution in [0.5, 0.6) is 0 Å². The molecule has 34 heavy (non-hydrogen) atoms. The van der Waals surface area contributed by atoms with Crippen molar-refractivity contribution in [2.24, 2.45) is 0 Å². The fourth-order valence-corrected chi connectivity index (χ4v) is 3.87. The molecule has 0 saturated carbocycles. The van der Waals surface area contributed by atoms with Gasteiger partial charge in [-0.25, -0.2) is 4.98 Å². The average molecular weight is 485 g/mol. The first kappa shape index (κ1) is 25.3. The number of aliphatic hydroxyl groups is 1. The minimum absolute atomic E-state index is 0.104. The summed E-state index contributed by atoms with van der Waals surface area (Å²) in [6, 6.07) is 14.7. The number of imidazole rings is 1. The molecular formula is C24H28N4O5S. The Labute approximate surface area is 202 Å². The molecule has 0 aliphatic carbocycles. The van der Waals surface area contributed by atoms with Gasteiger partial charge >= 0.3 is 5.97 Å². The monoisotopic (exact) mass is 484 g/mol. The van der Waals surface area contributed by atoms with Crippen molar-refractivity contribution < 1.29 is 24.2 Å². The number of hydrogen-bond acceptors (Lipinski definition) is 7. The maximum Gasteiger partial charge on any atom is 0.325 e. The summed E-state index contributed by atoms with van der Waals surface area (Å²) in [5.41, 5.74) is 2.61. The second kappa shape index (κ2) is 12.2. The van der Waals surface area contributed by atoms with E-state index in [1.807, 2.05) is 34.9 Å². The number of carbonyl (C=O) groups excluding carboxylic acids is 3. The predicted octanol–water partition coefficient (Wildman–Crippen LogP) is 1.50. The number of rotatable bonds is 11. The van der Waals surface area contributed by atoms with Gasteiger partial charge in [0.25, 0.3) is 5.91 Å². The fourth-order valence-electron chi connectivity index (χ4n) is 3.67. The minimum atomic E-state index is -0.547. The Morgan fingerprint density at radius 2 is 1.91 bits per heavy atom. The quantitative estimate of drug-likeness (QED) is 0.242. The number of nitrogens with zero attached hydrogens (tertiary/aromatic N) is 2. The lowest BCUT2D eigenvalue weighted by atomic mass is 9.98. The third-order valence-electron chi connectivity index (χ3n) is 5.34. The molecule has 180 valence electrons. The molecule has 3 aromatic rings. The van der Waals surface area contributed by atoms with Crippen molar-refractivity contribution in [3.63, 3.8) is 0 Å². The van der Waals surface area contributed by atoms with Gasteiger partial charge in [-0.05, 0) is 29.5 Å². The Balaban J connectivity index is 1.99. The van der Waals surface area contributed by atoms with E-state index in [9.17, 15) is 19.5 Å². The van der Waals surface area contributed by atoms with Crippen LogP contribution in [0.25, 0.3) is 11.0 Å². The summed E-state index contributed by atoms with van der Waals surface area (Å²) in [4.78, 5) is 40.7. The number of aromatic nitrogens is 2. The lowest BCUT2D eigenvalue weighted by molar-refractivity contribution is -0.139. The first-order valence-electron chi connectivity index (χ1n) is 10.9. The third-order valence-corrected chi connectivity index (χ3v) is 5.56. The van der Waals surface area contributed by atoms with Gasteiger partial charge in [0.15, 0.2) is 0 Å². The Morgan fingerprint density at radius 1 is 1.15 bits per heavy atom. The van der Waals surface area contributed by atoms with Gasteiger partial charge in [0.2, 0.25) is 5.91 Å². The van der Waals surface area contributed by atoms with Crippen LogP contribution >= 0.6 is 12.6 Å². The van der Waals surface area contributed by atoms with E-state index in [4.69, 9.17) is 4.98 Å². The van der Waals surface area contributed by atoms with Crippen molar-refractivity contribution in [3.8, 4) is 0 Å². The number of carbonyl (C=O) groups is 3. The highest BCUT2D eigenvalue weighted by molar-refractivity contribution is 7.80. The summed E-state index contributed by atoms with van der Waals surface area (Å²) < 4.78 is 6.45. The Kier molecular flexibility index (Phi) is 9.06. The Hall–Kier alpha value is -3.37. The maximum absolute atomic E-state index is 12.5. The number of amides is 2. The summed E-state index contributed by atoms with van der Waals surface area (Å²) in [5.74, 6) is -0.246. The predicted molar refractivity (Wildman–Crippen MR) is 131 cm³/mol. The first-order valence-corrected chi connectivity index (χ1v) is 11.5. The van der Waals surface area contributed by atoms with E-state index in [1.54, 1.807) is 18.2 Å². The van der Waals surface area contributed by atoms with Crippen molar-refractivity contribution in [1.29, 1.82) is 0 Å². The SMILES string of the molecule is COC(=O)CNC(=O)c1ccc2c(c1)nc(C(CNC(=O)CCS)c1ccccc1)n2CCO. The van der Waals surface area contributed by atoms with Crippen molar-refractivity contribution in [2.45, 2.75) is 18.9 Å². The molecular weight excluding hydrogens is 456 g/mol. The van der Waals surface area contributed by atoms with Crippen molar-refractivity contribution in [1.82, 2.24) is 20.2 Å². The molecule has 1 unspecified atom stereocenters. The fraction of sp³-hybridized carbons (Fsp3) is 0.333. The zero-order chi connectivity index (χ0) is 24.5. The molecule has 10 heteroatoms. The normalized spacial score (nSPS) is 11.7. The summed E-state index contributed by atoms with van der Waals surface area (Å²) >= 11 is 4.12. The van der Waals surface area contributed by atoms with Crippen molar-refractivity contribution in [3.05, 3.63) is 65.5 Å². The van der Waals surface area contributed by atoms with Crippen LogP contribution in [0.15, 0.2) is 48.5 Å². The van der Waals surface area contributed by atoms with Gasteiger partial charge in [0.05, 0.1) is 30.7 Å². The molecule has 9 nitrogen and oxygen atoms in total. The van der Waals surface area contributed by atoms with Crippen LogP contribution in [0.1, 0.15) is 34.1 Å². The third kappa shape index (κ3) is 6.15. The zero-order valence-corrected chi connectivity index (χ0v) is 19.8. The second-order valence-corrected chi connectivity index (χ2v) is 8.00. The molecule has 1 heterocycles. The van der Waals surface area contributed by atoms with Gasteiger partial charge in [-0.2, -0.15) is 12.6 Å². The number of benzene rings is 2. The number of nitrogens with one attached hydrogen (secondary N) is 2. The molecule has 0 saturated heterocycles. The summed E-state index contributed by atoms with van der Waals surface area (Å²) in [6.45, 7) is 0.276. The molecule has 2 aromatic carbocycles. The summed E-state index contributed by atoms with van der Waals surface area (Å²) in [7, 11) is 1.25. The van der Waals surface area contributed by atoms with Crippen LogP contribution in [-0.2, 0) is 20.9 Å². The van der Waals surface area contributed by atoms with E-state index in [1.165, 1.54) is 7.11 Å². The molecule has 0 aliphatic rings. The number of thiol groups is 1. The zero-order valence-electron chi connectivity index (χ0n) is 18.9. The van der Waals surface area contributed by atoms with Gasteiger partial charge in [0.1, 0.15) is 12.4 Å². The van der Waals surface area contributed by atoms with E-state index in [0.29, 0.717) is 42.2 Å². The average Bonchev–Trinajstić information content (AvgIpc) is 3.20. The first-order chi connectivity index (χ1) is 16.5. The van der Waals surface area contributed by atoms with Crippen LogP contribution in [0, 0.1) is 0 Å². The van der Waals surface area contributed by atoms with Gasteiger partial charge in [-0.15, -0.1) is 0 Å². The molecule has 1 atom stereocenters. The molecule has 0 spiro atoms. The molecule has 0 aliphatic heterocycles. The van der Waals surface area contributed by atoms with Gasteiger partial charge in [-0.1, -0.05) is 30.3 Å². The number of ether oxygens (including phenoxy) is 1. The summed E-state index contributed by atoms with van der Waals surface area (Å²) in [6.07, 6.45) is 0.307. The van der Waals surface area contributed by atoms with Crippen molar-refractivity contribution >= 4 is 41.4 Å². The second-order valence-electron chi connectivity index (χ2n) is 7.55. The van der Waals surface area contributed by atoms with Crippen molar-refractivity contribution in [2.75, 3.05) is 32.6 Å². The number of methoxy groups -OCH3 is 1. The molecule has 1 aromatic heterocycles. The molecule has 2 amide bonds. The smallest absolute Gasteiger partial charge is 0.325 e. The Bertz CT molecular complexity index is 1150. The molecule has 0 bridgehead atoms. The Morgan fingerprint density at radius 3 is 2.59 bits per heavy atom. The molecule has 3 rings (SSSR count). The molecule has 0 radical (unpaired) electrons. The van der Waals surface area contributed by atoms with Crippen LogP contribution in [-0.4, -0.2) is 65.0 Å². The number of hydrogen-bond donors (Lipinski definition) is 4. The number of aliphatic hydroxyl groups excluding tert-OH is 1. The van der Waals surface area contributed by atoms with E-state index in [0.717, 1.165) is 11.1 Å². The molecule has 0 fully saturated rings. The van der Waals surface area contributed by atoms with Crippen LogP contribution in [0.2, 0.25) is 0 Å². The highest BCUT2D eigenvalue weighted by atomic mass is 32.1. The van der Waals surface area contributed by atoms with Gasteiger partial charge in [0, 0.05) is 25.1 Å². The number of fused-ring (bicyclic) bond motifs is 1. The molecule has 3 N–H and O–H groups in total. The lowest BCUT2D eigenvalue weighted by Crippen LogP contribution is -2.30. The van der Waals surface area contributed by atoms with Gasteiger partial charge in [-0.3, -0.25) is 14.4 Å². The minimum Gasteiger partial charge on any atom is -0.468 e. The van der Waals surface area contributed by atoms with Crippen LogP contribution < -0.4 is 10.6 Å². The highest BCUT2D eigenvalue weighted by Crippen LogP contribution is 2.28. The van der Waals surface area contributed by atoms with E-state index >= 15 is 0 Å².